The van der Waals surface area contributed by atoms with Gasteiger partial charge in [0.05, 0.1) is 24.8 Å². The van der Waals surface area contributed by atoms with Crippen LogP contribution in [0.3, 0.4) is 0 Å². The average Bonchev–Trinajstić information content (AvgIpc) is 3.10. The molecule has 0 saturated carbocycles. The number of benzene rings is 2. The number of rotatable bonds is 7. The van der Waals surface area contributed by atoms with Crippen molar-refractivity contribution in [2.24, 2.45) is 0 Å². The third-order valence-electron chi connectivity index (χ3n) is 4.57. The zero-order valence-electron chi connectivity index (χ0n) is 16.1. The second-order valence-corrected chi connectivity index (χ2v) is 6.61. The summed E-state index contributed by atoms with van der Waals surface area (Å²) in [5, 5.41) is 0.982. The van der Waals surface area contributed by atoms with Gasteiger partial charge in [-0.3, -0.25) is 0 Å². The van der Waals surface area contributed by atoms with Gasteiger partial charge < -0.3 is 14.0 Å². The van der Waals surface area contributed by atoms with Crippen LogP contribution < -0.4 is 4.74 Å². The van der Waals surface area contributed by atoms with Gasteiger partial charge in [0.25, 0.3) is 0 Å². The summed E-state index contributed by atoms with van der Waals surface area (Å²) in [6, 6.07) is 13.7. The molecule has 1 aromatic heterocycles. The fourth-order valence-electron chi connectivity index (χ4n) is 3.07. The van der Waals surface area contributed by atoms with E-state index in [2.05, 4.69) is 24.1 Å². The maximum Gasteiger partial charge on any atom is 0.337 e. The minimum atomic E-state index is -0.331. The predicted molar refractivity (Wildman–Crippen MR) is 110 cm³/mol. The van der Waals surface area contributed by atoms with Gasteiger partial charge in [-0.25, -0.2) is 4.79 Å². The number of carbonyl (C=O) groups excluding carboxylic acids is 1. The van der Waals surface area contributed by atoms with E-state index in [9.17, 15) is 4.79 Å². The number of ether oxygens (including phenoxy) is 2. The van der Waals surface area contributed by atoms with Crippen molar-refractivity contribution in [1.29, 1.82) is 0 Å². The first-order valence-electron chi connectivity index (χ1n) is 9.17. The molecule has 0 N–H and O–H groups in total. The lowest BCUT2D eigenvalue weighted by Gasteiger charge is -2.14. The number of carbonyl (C=O) groups is 1. The van der Waals surface area contributed by atoms with Crippen LogP contribution >= 0.6 is 0 Å². The van der Waals surface area contributed by atoms with E-state index < -0.39 is 0 Å². The van der Waals surface area contributed by atoms with Gasteiger partial charge in [-0.2, -0.15) is 0 Å². The van der Waals surface area contributed by atoms with E-state index in [1.807, 2.05) is 43.5 Å². The number of hydrogen-bond acceptors (Lipinski definition) is 3. The summed E-state index contributed by atoms with van der Waals surface area (Å²) in [6.07, 6.45) is 4.10. The largest absolute Gasteiger partial charge is 0.493 e. The highest BCUT2D eigenvalue weighted by molar-refractivity contribution is 5.95. The molecular weight excluding hydrogens is 338 g/mol. The molecule has 2 aromatic carbocycles. The Labute approximate surface area is 160 Å². The van der Waals surface area contributed by atoms with Crippen LogP contribution in [-0.4, -0.2) is 24.3 Å². The Balaban J connectivity index is 2.01. The van der Waals surface area contributed by atoms with Crippen molar-refractivity contribution in [3.63, 3.8) is 0 Å². The van der Waals surface area contributed by atoms with E-state index in [1.54, 1.807) is 6.07 Å². The summed E-state index contributed by atoms with van der Waals surface area (Å²) in [5.41, 5.74) is 4.58. The molecule has 4 heteroatoms. The van der Waals surface area contributed by atoms with Gasteiger partial charge in [0.2, 0.25) is 0 Å². The van der Waals surface area contributed by atoms with Crippen LogP contribution in [-0.2, 0) is 4.74 Å². The number of fused-ring (bicyclic) bond motifs is 1. The molecule has 27 heavy (non-hydrogen) atoms. The van der Waals surface area contributed by atoms with E-state index in [0.29, 0.717) is 12.2 Å². The topological polar surface area (TPSA) is 40.5 Å². The van der Waals surface area contributed by atoms with Gasteiger partial charge >= 0.3 is 5.97 Å². The minimum Gasteiger partial charge on any atom is -0.493 e. The van der Waals surface area contributed by atoms with Gasteiger partial charge in [0, 0.05) is 28.9 Å². The number of nitrogens with zero attached hydrogens (tertiary/aromatic N) is 1. The summed E-state index contributed by atoms with van der Waals surface area (Å²) in [5.74, 6) is 0.517. The molecule has 3 aromatic rings. The molecule has 0 saturated heterocycles. The molecule has 0 aliphatic heterocycles. The molecular formula is C23H25NO3. The second-order valence-electron chi connectivity index (χ2n) is 6.61. The highest BCUT2D eigenvalue weighted by atomic mass is 16.5. The van der Waals surface area contributed by atoms with Gasteiger partial charge in [0.1, 0.15) is 5.75 Å². The van der Waals surface area contributed by atoms with Crippen molar-refractivity contribution < 1.29 is 14.3 Å². The van der Waals surface area contributed by atoms with Crippen LogP contribution in [0.1, 0.15) is 42.6 Å². The SMILES string of the molecule is C=C(C)c1ccc(-n2ccc3cc(C(=O)OC)ccc32)cc1OCCCC. The standard InChI is InChI=1S/C23H25NO3/c1-5-6-13-27-22-15-19(8-9-20(22)16(2)3)24-12-11-17-14-18(23(25)26-4)7-10-21(17)24/h7-12,14-15H,2,5-6,13H2,1,3-4H3. The molecule has 0 unspecified atom stereocenters. The maximum absolute atomic E-state index is 11.8. The number of methoxy groups -OCH3 is 1. The molecule has 3 rings (SSSR count). The molecule has 0 aliphatic rings. The monoisotopic (exact) mass is 363 g/mol. The summed E-state index contributed by atoms with van der Waals surface area (Å²) >= 11 is 0. The zero-order chi connectivity index (χ0) is 19.4. The fourth-order valence-corrected chi connectivity index (χ4v) is 3.07. The lowest BCUT2D eigenvalue weighted by molar-refractivity contribution is 0.0601. The predicted octanol–water partition coefficient (Wildman–Crippen LogP) is 5.63. The molecule has 0 fully saturated rings. The molecule has 0 bridgehead atoms. The van der Waals surface area contributed by atoms with Crippen molar-refractivity contribution >= 4 is 22.4 Å². The van der Waals surface area contributed by atoms with E-state index in [1.165, 1.54) is 7.11 Å². The van der Waals surface area contributed by atoms with Crippen molar-refractivity contribution in [2.45, 2.75) is 26.7 Å². The Bertz CT molecular complexity index is 984. The van der Waals surface area contributed by atoms with Crippen molar-refractivity contribution in [1.82, 2.24) is 4.57 Å². The third kappa shape index (κ3) is 3.90. The molecule has 1 heterocycles. The van der Waals surface area contributed by atoms with Crippen LogP contribution in [0, 0.1) is 0 Å². The molecule has 140 valence electrons. The summed E-state index contributed by atoms with van der Waals surface area (Å²) in [6.45, 7) is 8.88. The van der Waals surface area contributed by atoms with Crippen molar-refractivity contribution in [3.05, 3.63) is 66.4 Å². The quantitative estimate of drug-likeness (QED) is 0.403. The molecule has 0 spiro atoms. The first kappa shape index (κ1) is 18.8. The van der Waals surface area contributed by atoms with Crippen LogP contribution in [0.4, 0.5) is 0 Å². The fraction of sp³-hybridized carbons (Fsp3) is 0.261. The first-order valence-corrected chi connectivity index (χ1v) is 9.17. The molecule has 0 aliphatic carbocycles. The van der Waals surface area contributed by atoms with Gasteiger partial charge in [-0.1, -0.05) is 19.9 Å². The molecule has 0 radical (unpaired) electrons. The number of aromatic nitrogens is 1. The van der Waals surface area contributed by atoms with Crippen LogP contribution in [0.25, 0.3) is 22.2 Å². The average molecular weight is 363 g/mol. The summed E-state index contributed by atoms with van der Waals surface area (Å²) in [4.78, 5) is 11.8. The van der Waals surface area contributed by atoms with Gasteiger partial charge in [0.15, 0.2) is 0 Å². The van der Waals surface area contributed by atoms with Gasteiger partial charge in [-0.15, -0.1) is 0 Å². The van der Waals surface area contributed by atoms with Crippen LogP contribution in [0.5, 0.6) is 5.75 Å². The lowest BCUT2D eigenvalue weighted by Crippen LogP contribution is -2.02. The number of unbranched alkanes of at least 4 members (excludes halogenated alkanes) is 1. The number of esters is 1. The summed E-state index contributed by atoms with van der Waals surface area (Å²) in [7, 11) is 1.39. The third-order valence-corrected chi connectivity index (χ3v) is 4.57. The van der Waals surface area contributed by atoms with Crippen molar-refractivity contribution in [3.8, 4) is 11.4 Å². The highest BCUT2D eigenvalue weighted by Crippen LogP contribution is 2.30. The molecule has 4 nitrogen and oxygen atoms in total. The van der Waals surface area contributed by atoms with E-state index >= 15 is 0 Å². The Morgan fingerprint density at radius 2 is 1.96 bits per heavy atom. The zero-order valence-corrected chi connectivity index (χ0v) is 16.1. The Hall–Kier alpha value is -3.01. The van der Waals surface area contributed by atoms with E-state index in [4.69, 9.17) is 9.47 Å². The molecule has 0 atom stereocenters. The second kappa shape index (κ2) is 8.12. The Morgan fingerprint density at radius 1 is 1.15 bits per heavy atom. The normalized spacial score (nSPS) is 10.8. The van der Waals surface area contributed by atoms with E-state index in [-0.39, 0.29) is 5.97 Å². The molecule has 0 amide bonds. The summed E-state index contributed by atoms with van der Waals surface area (Å²) < 4.78 is 12.9. The van der Waals surface area contributed by atoms with Gasteiger partial charge in [-0.05, 0) is 55.3 Å². The van der Waals surface area contributed by atoms with Crippen LogP contribution in [0.2, 0.25) is 0 Å². The Kier molecular flexibility index (Phi) is 5.65. The number of hydrogen-bond donors (Lipinski definition) is 0. The Morgan fingerprint density at radius 3 is 2.67 bits per heavy atom. The minimum absolute atomic E-state index is 0.331. The number of allylic oxidation sites excluding steroid dienone is 1. The lowest BCUT2D eigenvalue weighted by atomic mass is 10.1. The maximum atomic E-state index is 11.8. The first-order chi connectivity index (χ1) is 13.0. The van der Waals surface area contributed by atoms with E-state index in [0.717, 1.165) is 46.3 Å². The smallest absolute Gasteiger partial charge is 0.337 e. The van der Waals surface area contributed by atoms with Crippen molar-refractivity contribution in [2.75, 3.05) is 13.7 Å². The van der Waals surface area contributed by atoms with Crippen LogP contribution in [0.15, 0.2) is 55.2 Å². The highest BCUT2D eigenvalue weighted by Gasteiger charge is 2.11.